The van der Waals surface area contributed by atoms with E-state index in [1.807, 2.05) is 13.8 Å². The van der Waals surface area contributed by atoms with Crippen molar-refractivity contribution < 1.29 is 22.7 Å². The molecule has 1 aromatic carbocycles. The number of ketones is 1. The number of ether oxygens (including phenoxy) is 1. The first-order valence-corrected chi connectivity index (χ1v) is 5.85. The molecular formula is C13H16F3NO2. The first-order chi connectivity index (χ1) is 8.70. The lowest BCUT2D eigenvalue weighted by Crippen LogP contribution is -2.32. The van der Waals surface area contributed by atoms with Crippen LogP contribution in [-0.2, 0) is 0 Å². The van der Waals surface area contributed by atoms with Crippen LogP contribution in [0.15, 0.2) is 24.3 Å². The molecule has 19 heavy (non-hydrogen) atoms. The van der Waals surface area contributed by atoms with Crippen molar-refractivity contribution in [3.8, 4) is 5.75 Å². The van der Waals surface area contributed by atoms with Gasteiger partial charge in [0.2, 0.25) is 0 Å². The maximum absolute atomic E-state index is 12.2. The summed E-state index contributed by atoms with van der Waals surface area (Å²) >= 11 is 0. The van der Waals surface area contributed by atoms with Crippen molar-refractivity contribution in [2.75, 3.05) is 0 Å². The van der Waals surface area contributed by atoms with Crippen molar-refractivity contribution in [2.24, 2.45) is 11.7 Å². The summed E-state index contributed by atoms with van der Waals surface area (Å²) < 4.78 is 40.5. The molecule has 0 aliphatic carbocycles. The smallest absolute Gasteiger partial charge is 0.405 e. The molecular weight excluding hydrogens is 259 g/mol. The Labute approximate surface area is 109 Å². The Morgan fingerprint density at radius 3 is 2.42 bits per heavy atom. The number of alkyl halides is 3. The molecule has 0 bridgehead atoms. The number of halogens is 3. The third-order valence-corrected chi connectivity index (χ3v) is 2.44. The average molecular weight is 275 g/mol. The Kier molecular flexibility index (Phi) is 4.94. The number of carbonyl (C=O) groups excluding carboxylic acids is 1. The lowest BCUT2D eigenvalue weighted by Gasteiger charge is -2.16. The molecule has 2 N–H and O–H groups in total. The number of rotatable bonds is 5. The number of para-hydroxylation sites is 1. The summed E-state index contributed by atoms with van der Waals surface area (Å²) in [4.78, 5) is 12.0. The third kappa shape index (κ3) is 4.90. The fraction of sp³-hybridized carbons (Fsp3) is 0.462. The van der Waals surface area contributed by atoms with Crippen LogP contribution in [0.25, 0.3) is 0 Å². The number of hydrogen-bond acceptors (Lipinski definition) is 3. The first-order valence-electron chi connectivity index (χ1n) is 5.85. The van der Waals surface area contributed by atoms with Gasteiger partial charge in [-0.25, -0.2) is 0 Å². The van der Waals surface area contributed by atoms with Crippen molar-refractivity contribution >= 4 is 5.78 Å². The second-order valence-corrected chi connectivity index (χ2v) is 4.64. The Hall–Kier alpha value is -1.56. The highest BCUT2D eigenvalue weighted by atomic mass is 19.4. The van der Waals surface area contributed by atoms with Crippen LogP contribution in [0.1, 0.15) is 30.6 Å². The van der Waals surface area contributed by atoms with Crippen LogP contribution in [0.2, 0.25) is 0 Å². The zero-order valence-electron chi connectivity index (χ0n) is 10.7. The van der Waals surface area contributed by atoms with Crippen molar-refractivity contribution in [2.45, 2.75) is 32.7 Å². The average Bonchev–Trinajstić information content (AvgIpc) is 2.25. The summed E-state index contributed by atoms with van der Waals surface area (Å²) in [7, 11) is 0. The fourth-order valence-electron chi connectivity index (χ4n) is 1.70. The van der Waals surface area contributed by atoms with E-state index in [-0.39, 0.29) is 11.5 Å². The number of nitrogens with two attached hydrogens (primary N) is 1. The molecule has 0 fully saturated rings. The predicted molar refractivity (Wildman–Crippen MR) is 64.9 cm³/mol. The molecule has 0 saturated heterocycles. The molecule has 0 heterocycles. The molecule has 6 heteroatoms. The van der Waals surface area contributed by atoms with Crippen LogP contribution < -0.4 is 10.5 Å². The number of hydrogen-bond donors (Lipinski definition) is 1. The largest absolute Gasteiger partial charge is 0.573 e. The van der Waals surface area contributed by atoms with Gasteiger partial charge >= 0.3 is 6.36 Å². The summed E-state index contributed by atoms with van der Waals surface area (Å²) in [6.45, 7) is 3.76. The lowest BCUT2D eigenvalue weighted by molar-refractivity contribution is -0.274. The van der Waals surface area contributed by atoms with Gasteiger partial charge in [-0.3, -0.25) is 4.79 Å². The minimum Gasteiger partial charge on any atom is -0.405 e. The molecule has 0 radical (unpaired) electrons. The SMILES string of the molecule is CC(C)CC(N)C(=O)c1ccccc1OC(F)(F)F. The van der Waals surface area contributed by atoms with E-state index in [1.54, 1.807) is 0 Å². The normalized spacial score (nSPS) is 13.4. The van der Waals surface area contributed by atoms with Gasteiger partial charge in [-0.05, 0) is 24.5 Å². The number of carbonyl (C=O) groups is 1. The van der Waals surface area contributed by atoms with E-state index in [0.717, 1.165) is 6.07 Å². The van der Waals surface area contributed by atoms with Crippen LogP contribution in [0.3, 0.4) is 0 Å². The van der Waals surface area contributed by atoms with Gasteiger partial charge < -0.3 is 10.5 Å². The summed E-state index contributed by atoms with van der Waals surface area (Å²) in [5.41, 5.74) is 5.55. The molecule has 1 aromatic rings. The molecule has 1 rings (SSSR count). The van der Waals surface area contributed by atoms with Gasteiger partial charge in [0.15, 0.2) is 5.78 Å². The minimum absolute atomic E-state index is 0.145. The van der Waals surface area contributed by atoms with Gasteiger partial charge in [0.1, 0.15) is 5.75 Å². The predicted octanol–water partition coefficient (Wildman–Crippen LogP) is 3.14. The molecule has 0 aliphatic rings. The minimum atomic E-state index is -4.83. The van der Waals surface area contributed by atoms with E-state index >= 15 is 0 Å². The van der Waals surface area contributed by atoms with Crippen molar-refractivity contribution in [3.05, 3.63) is 29.8 Å². The highest BCUT2D eigenvalue weighted by molar-refractivity contribution is 6.02. The van der Waals surface area contributed by atoms with E-state index in [0.29, 0.717) is 6.42 Å². The van der Waals surface area contributed by atoms with Crippen LogP contribution in [-0.4, -0.2) is 18.2 Å². The standard InChI is InChI=1S/C13H16F3NO2/c1-8(2)7-10(17)12(18)9-5-3-4-6-11(9)19-13(14,15)16/h3-6,8,10H,7,17H2,1-2H3. The van der Waals surface area contributed by atoms with Crippen LogP contribution in [0.4, 0.5) is 13.2 Å². The molecule has 3 nitrogen and oxygen atoms in total. The number of benzene rings is 1. The van der Waals surface area contributed by atoms with Crippen LogP contribution in [0, 0.1) is 5.92 Å². The van der Waals surface area contributed by atoms with Gasteiger partial charge in [0.05, 0.1) is 11.6 Å². The quantitative estimate of drug-likeness (QED) is 0.840. The highest BCUT2D eigenvalue weighted by Crippen LogP contribution is 2.27. The van der Waals surface area contributed by atoms with Crippen molar-refractivity contribution in [1.82, 2.24) is 0 Å². The monoisotopic (exact) mass is 275 g/mol. The van der Waals surface area contributed by atoms with E-state index in [2.05, 4.69) is 4.74 Å². The van der Waals surface area contributed by atoms with E-state index in [4.69, 9.17) is 5.73 Å². The van der Waals surface area contributed by atoms with Crippen LogP contribution in [0.5, 0.6) is 5.75 Å². The fourth-order valence-corrected chi connectivity index (χ4v) is 1.70. The number of Topliss-reactive ketones (excluding diaryl/α,β-unsaturated/α-hetero) is 1. The van der Waals surface area contributed by atoms with Gasteiger partial charge in [0, 0.05) is 0 Å². The Balaban J connectivity index is 2.97. The second-order valence-electron chi connectivity index (χ2n) is 4.64. The topological polar surface area (TPSA) is 52.3 Å². The van der Waals surface area contributed by atoms with Gasteiger partial charge in [-0.15, -0.1) is 13.2 Å². The van der Waals surface area contributed by atoms with Gasteiger partial charge in [-0.2, -0.15) is 0 Å². The van der Waals surface area contributed by atoms with E-state index in [1.165, 1.54) is 18.2 Å². The van der Waals surface area contributed by atoms with Crippen LogP contribution >= 0.6 is 0 Å². The van der Waals surface area contributed by atoms with Crippen molar-refractivity contribution in [1.29, 1.82) is 0 Å². The molecule has 0 amide bonds. The zero-order valence-corrected chi connectivity index (χ0v) is 10.7. The lowest BCUT2D eigenvalue weighted by atomic mass is 9.96. The summed E-state index contributed by atoms with van der Waals surface area (Å²) in [5.74, 6) is -0.887. The van der Waals surface area contributed by atoms with Gasteiger partial charge in [-0.1, -0.05) is 26.0 Å². The molecule has 0 spiro atoms. The molecule has 0 saturated carbocycles. The highest BCUT2D eigenvalue weighted by Gasteiger charge is 2.33. The summed E-state index contributed by atoms with van der Waals surface area (Å²) in [6, 6.07) is 4.38. The first kappa shape index (κ1) is 15.5. The molecule has 0 aromatic heterocycles. The Bertz CT molecular complexity index is 444. The van der Waals surface area contributed by atoms with Gasteiger partial charge in [0.25, 0.3) is 0 Å². The Morgan fingerprint density at radius 1 is 1.32 bits per heavy atom. The summed E-state index contributed by atoms with van der Waals surface area (Å²) in [6.07, 6.45) is -4.43. The maximum Gasteiger partial charge on any atom is 0.573 e. The van der Waals surface area contributed by atoms with E-state index in [9.17, 15) is 18.0 Å². The molecule has 1 atom stereocenters. The molecule has 0 aliphatic heterocycles. The third-order valence-electron chi connectivity index (χ3n) is 2.44. The molecule has 1 unspecified atom stereocenters. The zero-order chi connectivity index (χ0) is 14.6. The Morgan fingerprint density at radius 2 is 1.89 bits per heavy atom. The van der Waals surface area contributed by atoms with E-state index < -0.39 is 23.9 Å². The second kappa shape index (κ2) is 6.06. The summed E-state index contributed by atoms with van der Waals surface area (Å²) in [5, 5.41) is 0. The molecule has 106 valence electrons. The maximum atomic E-state index is 12.2. The van der Waals surface area contributed by atoms with Crippen molar-refractivity contribution in [3.63, 3.8) is 0 Å².